The monoisotopic (exact) mass is 302 g/mol. The zero-order valence-corrected chi connectivity index (χ0v) is 12.8. The lowest BCUT2D eigenvalue weighted by Crippen LogP contribution is -2.39. The Morgan fingerprint density at radius 3 is 2.73 bits per heavy atom. The zero-order valence-electron chi connectivity index (χ0n) is 12.8. The largest absolute Gasteiger partial charge is 0.393 e. The summed E-state index contributed by atoms with van der Waals surface area (Å²) in [5, 5.41) is 12.5. The molecule has 1 aliphatic rings. The summed E-state index contributed by atoms with van der Waals surface area (Å²) in [6.45, 7) is 5.50. The molecule has 0 atom stereocenters. The van der Waals surface area contributed by atoms with E-state index < -0.39 is 0 Å². The summed E-state index contributed by atoms with van der Waals surface area (Å²) in [7, 11) is 0. The van der Waals surface area contributed by atoms with E-state index in [1.165, 1.54) is 0 Å². The fourth-order valence-electron chi connectivity index (χ4n) is 2.45. The molecule has 2 rings (SSSR count). The van der Waals surface area contributed by atoms with Crippen LogP contribution in [-0.2, 0) is 4.79 Å². The summed E-state index contributed by atoms with van der Waals surface area (Å²) >= 11 is 0. The van der Waals surface area contributed by atoms with Crippen molar-refractivity contribution in [2.45, 2.75) is 44.8 Å². The molecule has 1 amide bonds. The van der Waals surface area contributed by atoms with Crippen molar-refractivity contribution in [2.24, 2.45) is 4.99 Å². The molecule has 6 nitrogen and oxygen atoms in total. The van der Waals surface area contributed by atoms with Crippen LogP contribution >= 0.6 is 0 Å². The third kappa shape index (κ3) is 4.14. The van der Waals surface area contributed by atoms with Gasteiger partial charge in [-0.3, -0.25) is 9.36 Å². The number of carbonyl (C=O) groups excluding carboxylic acids is 1. The summed E-state index contributed by atoms with van der Waals surface area (Å²) < 4.78 is 1.70. The molecule has 1 aliphatic carbocycles. The van der Waals surface area contributed by atoms with Gasteiger partial charge in [0.1, 0.15) is 17.9 Å². The Hall–Kier alpha value is -2.21. The number of aliphatic imine (C=N–C) groups is 1. The van der Waals surface area contributed by atoms with Crippen molar-refractivity contribution in [1.29, 1.82) is 0 Å². The summed E-state index contributed by atoms with van der Waals surface area (Å²) in [6.07, 6.45) is 11.1. The van der Waals surface area contributed by atoms with Crippen molar-refractivity contribution < 1.29 is 9.90 Å². The van der Waals surface area contributed by atoms with E-state index in [9.17, 15) is 9.90 Å². The molecule has 118 valence electrons. The standard InChI is InChI=1S/C16H22N4O2/c1-3-14(19-15(4-2)20-10-9-17-11-20)16(22)18-12-5-7-13(21)8-6-12/h3-4,9-13,21H,2,5-8H2,1H3,(H,18,22)/b14-3-,19-15+/t12-,13-. The van der Waals surface area contributed by atoms with Crippen LogP contribution in [-0.4, -0.2) is 38.5 Å². The highest BCUT2D eigenvalue weighted by atomic mass is 16.3. The van der Waals surface area contributed by atoms with E-state index in [0.29, 0.717) is 11.5 Å². The molecular formula is C16H22N4O2. The van der Waals surface area contributed by atoms with Gasteiger partial charge in [-0.15, -0.1) is 0 Å². The molecule has 22 heavy (non-hydrogen) atoms. The zero-order chi connectivity index (χ0) is 15.9. The third-order valence-corrected chi connectivity index (χ3v) is 3.72. The van der Waals surface area contributed by atoms with E-state index in [2.05, 4.69) is 21.9 Å². The molecule has 0 aliphatic heterocycles. The molecule has 0 aromatic carbocycles. The van der Waals surface area contributed by atoms with E-state index in [4.69, 9.17) is 0 Å². The molecule has 1 saturated carbocycles. The maximum Gasteiger partial charge on any atom is 0.269 e. The second-order valence-electron chi connectivity index (χ2n) is 5.30. The Morgan fingerprint density at radius 2 is 2.18 bits per heavy atom. The number of rotatable bonds is 4. The van der Waals surface area contributed by atoms with Gasteiger partial charge in [-0.2, -0.15) is 0 Å². The van der Waals surface area contributed by atoms with Crippen LogP contribution in [0.3, 0.4) is 0 Å². The van der Waals surface area contributed by atoms with Crippen LogP contribution in [0.5, 0.6) is 0 Å². The lowest BCUT2D eigenvalue weighted by atomic mass is 9.93. The Kier molecular flexibility index (Phi) is 5.66. The molecule has 1 heterocycles. The van der Waals surface area contributed by atoms with Crippen LogP contribution in [0.1, 0.15) is 32.6 Å². The van der Waals surface area contributed by atoms with Crippen molar-refractivity contribution in [2.75, 3.05) is 0 Å². The highest BCUT2D eigenvalue weighted by Crippen LogP contribution is 2.18. The minimum atomic E-state index is -0.235. The second-order valence-corrected chi connectivity index (χ2v) is 5.30. The summed E-state index contributed by atoms with van der Waals surface area (Å²) in [5.74, 6) is 0.336. The van der Waals surface area contributed by atoms with Crippen molar-refractivity contribution >= 4 is 11.7 Å². The Bertz CT molecular complexity index is 567. The molecule has 6 heteroatoms. The smallest absolute Gasteiger partial charge is 0.269 e. The van der Waals surface area contributed by atoms with Gasteiger partial charge in [0, 0.05) is 18.4 Å². The van der Waals surface area contributed by atoms with Gasteiger partial charge in [-0.05, 0) is 38.7 Å². The van der Waals surface area contributed by atoms with Gasteiger partial charge in [-0.1, -0.05) is 12.7 Å². The first-order chi connectivity index (χ1) is 10.6. The SMILES string of the molecule is C=C/C(=N\C(=C/C)C(=O)N[C@H]1CC[C@H](O)CC1)n1ccnc1. The van der Waals surface area contributed by atoms with Crippen LogP contribution in [0.2, 0.25) is 0 Å². The van der Waals surface area contributed by atoms with Crippen molar-refractivity contribution in [3.63, 3.8) is 0 Å². The molecule has 0 saturated heterocycles. The summed E-state index contributed by atoms with van der Waals surface area (Å²) in [4.78, 5) is 20.7. The van der Waals surface area contributed by atoms with Crippen LogP contribution in [0, 0.1) is 0 Å². The van der Waals surface area contributed by atoms with Crippen molar-refractivity contribution in [1.82, 2.24) is 14.9 Å². The molecule has 0 spiro atoms. The molecule has 1 aromatic rings. The van der Waals surface area contributed by atoms with Gasteiger partial charge in [0.25, 0.3) is 5.91 Å². The number of nitrogens with one attached hydrogen (secondary N) is 1. The summed E-state index contributed by atoms with van der Waals surface area (Å²) in [5.41, 5.74) is 0.342. The van der Waals surface area contributed by atoms with Crippen LogP contribution < -0.4 is 5.32 Å². The average Bonchev–Trinajstić information content (AvgIpc) is 3.05. The number of aliphatic hydroxyl groups excluding tert-OH is 1. The molecule has 0 unspecified atom stereocenters. The predicted octanol–water partition coefficient (Wildman–Crippen LogP) is 1.64. The number of hydrogen-bond donors (Lipinski definition) is 2. The van der Waals surface area contributed by atoms with Crippen LogP contribution in [0.4, 0.5) is 0 Å². The lowest BCUT2D eigenvalue weighted by molar-refractivity contribution is -0.118. The fourth-order valence-corrected chi connectivity index (χ4v) is 2.45. The first kappa shape index (κ1) is 16.2. The number of nitrogens with zero attached hydrogens (tertiary/aromatic N) is 3. The molecular weight excluding hydrogens is 280 g/mol. The molecule has 1 fully saturated rings. The first-order valence-corrected chi connectivity index (χ1v) is 7.48. The number of hydrogen-bond acceptors (Lipinski definition) is 4. The molecule has 0 bridgehead atoms. The minimum absolute atomic E-state index is 0.0986. The van der Waals surface area contributed by atoms with Gasteiger partial charge in [0.15, 0.2) is 0 Å². The first-order valence-electron chi connectivity index (χ1n) is 7.48. The molecule has 1 aromatic heterocycles. The maximum absolute atomic E-state index is 12.3. The van der Waals surface area contributed by atoms with Crippen molar-refractivity contribution in [3.05, 3.63) is 43.1 Å². The van der Waals surface area contributed by atoms with E-state index in [1.54, 1.807) is 42.4 Å². The average molecular weight is 302 g/mol. The third-order valence-electron chi connectivity index (χ3n) is 3.72. The number of aromatic nitrogens is 2. The number of imidazole rings is 1. The Balaban J connectivity index is 2.04. The normalized spacial score (nSPS) is 23.2. The van der Waals surface area contributed by atoms with Gasteiger partial charge in [0.05, 0.1) is 6.10 Å². The van der Waals surface area contributed by atoms with Gasteiger partial charge in [-0.25, -0.2) is 9.98 Å². The Morgan fingerprint density at radius 1 is 1.45 bits per heavy atom. The fraction of sp³-hybridized carbons (Fsp3) is 0.438. The van der Waals surface area contributed by atoms with E-state index in [0.717, 1.165) is 25.7 Å². The minimum Gasteiger partial charge on any atom is -0.393 e. The topological polar surface area (TPSA) is 79.5 Å². The maximum atomic E-state index is 12.3. The highest BCUT2D eigenvalue weighted by Gasteiger charge is 2.21. The second kappa shape index (κ2) is 7.70. The van der Waals surface area contributed by atoms with E-state index in [-0.39, 0.29) is 18.1 Å². The number of aliphatic hydroxyl groups is 1. The van der Waals surface area contributed by atoms with Gasteiger partial charge >= 0.3 is 0 Å². The number of carbonyl (C=O) groups is 1. The van der Waals surface area contributed by atoms with Gasteiger partial charge < -0.3 is 10.4 Å². The quantitative estimate of drug-likeness (QED) is 0.504. The highest BCUT2D eigenvalue weighted by molar-refractivity contribution is 6.01. The summed E-state index contributed by atoms with van der Waals surface area (Å²) in [6, 6.07) is 0.0986. The van der Waals surface area contributed by atoms with Crippen molar-refractivity contribution in [3.8, 4) is 0 Å². The predicted molar refractivity (Wildman–Crippen MR) is 85.4 cm³/mol. The Labute approximate surface area is 130 Å². The van der Waals surface area contributed by atoms with Gasteiger partial charge in [0.2, 0.25) is 0 Å². The van der Waals surface area contributed by atoms with Crippen LogP contribution in [0.25, 0.3) is 0 Å². The molecule has 2 N–H and O–H groups in total. The number of allylic oxidation sites excluding steroid dienone is 2. The lowest BCUT2D eigenvalue weighted by Gasteiger charge is -2.26. The molecule has 0 radical (unpaired) electrons. The van der Waals surface area contributed by atoms with Crippen LogP contribution in [0.15, 0.2) is 48.1 Å². The van der Waals surface area contributed by atoms with E-state index >= 15 is 0 Å². The van der Waals surface area contributed by atoms with E-state index in [1.807, 2.05) is 0 Å². The number of amides is 1.